The standard InChI is InChI=1S/C10H11F4N3O2S.C8H8F3N.CH2F2/c1-6(20)15-9-16-7(18-3-2-11)4-8(17-9)19-5-10(12,13)14;1-2-6-3-4-7(12-5-6)8(9,10)11;2-1-3/h4H,2-3,5H2,1H3,(H,15,16,17,20);3-5H,2H2,1H3;1H2. The summed E-state index contributed by atoms with van der Waals surface area (Å²) in [6, 6.07) is 3.47. The minimum Gasteiger partial charge on any atom is -0.475 e. The molecule has 1 N–H and O–H groups in total. The van der Waals surface area contributed by atoms with Crippen molar-refractivity contribution in [3.8, 4) is 11.8 Å². The molecule has 0 radical (unpaired) electrons. The number of ether oxygens (including phenoxy) is 2. The maximum atomic E-state index is 12.1. The fourth-order valence-electron chi connectivity index (χ4n) is 1.87. The summed E-state index contributed by atoms with van der Waals surface area (Å²) in [4.78, 5) is 11.1. The first-order valence-electron chi connectivity index (χ1n) is 9.44. The van der Waals surface area contributed by atoms with Crippen molar-refractivity contribution < 1.29 is 49.0 Å². The summed E-state index contributed by atoms with van der Waals surface area (Å²) in [5, 5.41) is 2.53. The van der Waals surface area contributed by atoms with Crippen molar-refractivity contribution in [2.24, 2.45) is 0 Å². The molecule has 0 saturated heterocycles. The van der Waals surface area contributed by atoms with E-state index in [-0.39, 0.29) is 24.3 Å². The van der Waals surface area contributed by atoms with Crippen molar-refractivity contribution in [3.63, 3.8) is 0 Å². The zero-order valence-electron chi connectivity index (χ0n) is 18.3. The third kappa shape index (κ3) is 15.6. The number of nitrogens with zero attached hydrogens (tertiary/aromatic N) is 3. The van der Waals surface area contributed by atoms with Gasteiger partial charge in [-0.2, -0.15) is 36.3 Å². The summed E-state index contributed by atoms with van der Waals surface area (Å²) in [6.07, 6.45) is -6.88. The Morgan fingerprint density at radius 3 is 1.97 bits per heavy atom. The minimum atomic E-state index is -4.50. The van der Waals surface area contributed by atoms with Crippen LogP contribution in [0.5, 0.6) is 11.8 Å². The van der Waals surface area contributed by atoms with Gasteiger partial charge in [-0.15, -0.1) is 0 Å². The molecule has 16 heteroatoms. The predicted molar refractivity (Wildman–Crippen MR) is 113 cm³/mol. The number of aromatic nitrogens is 3. The lowest BCUT2D eigenvalue weighted by Crippen LogP contribution is -2.20. The van der Waals surface area contributed by atoms with Gasteiger partial charge in [-0.3, -0.25) is 4.98 Å². The third-order valence-electron chi connectivity index (χ3n) is 3.20. The zero-order valence-corrected chi connectivity index (χ0v) is 19.1. The number of hydrogen-bond donors (Lipinski definition) is 1. The summed E-state index contributed by atoms with van der Waals surface area (Å²) in [5.41, 5.74) is -0.0253. The molecule has 0 aliphatic rings. The van der Waals surface area contributed by atoms with Crippen molar-refractivity contribution in [2.75, 3.05) is 32.1 Å². The average molecular weight is 540 g/mol. The van der Waals surface area contributed by atoms with Gasteiger partial charge in [0.1, 0.15) is 19.0 Å². The first kappa shape index (κ1) is 32.1. The normalized spacial score (nSPS) is 10.8. The van der Waals surface area contributed by atoms with E-state index >= 15 is 0 Å². The molecule has 0 aromatic carbocycles. The van der Waals surface area contributed by atoms with Gasteiger partial charge >= 0.3 is 12.4 Å². The second-order valence-corrected chi connectivity index (χ2v) is 6.61. The molecule has 0 bridgehead atoms. The summed E-state index contributed by atoms with van der Waals surface area (Å²) in [7, 11) is 0. The van der Waals surface area contributed by atoms with E-state index in [1.54, 1.807) is 0 Å². The Hall–Kier alpha value is -2.91. The fourth-order valence-corrected chi connectivity index (χ4v) is 1.96. The molecule has 0 fully saturated rings. The molecular weight excluding hydrogens is 519 g/mol. The maximum absolute atomic E-state index is 12.1. The lowest BCUT2D eigenvalue weighted by atomic mass is 10.2. The van der Waals surface area contributed by atoms with Crippen molar-refractivity contribution in [1.29, 1.82) is 0 Å². The van der Waals surface area contributed by atoms with Gasteiger partial charge in [0.25, 0.3) is 0 Å². The van der Waals surface area contributed by atoms with Crippen LogP contribution in [-0.2, 0) is 12.6 Å². The smallest absolute Gasteiger partial charge is 0.433 e. The Morgan fingerprint density at radius 2 is 1.57 bits per heavy atom. The Bertz CT molecular complexity index is 882. The molecule has 2 heterocycles. The molecule has 0 aliphatic heterocycles. The zero-order chi connectivity index (χ0) is 27.1. The highest BCUT2D eigenvalue weighted by Crippen LogP contribution is 2.27. The monoisotopic (exact) mass is 540 g/mol. The Kier molecular flexibility index (Phi) is 14.6. The van der Waals surface area contributed by atoms with Gasteiger partial charge in [0.05, 0.1) is 11.1 Å². The molecular formula is C19H21F9N4O2S. The molecule has 2 aromatic heterocycles. The molecule has 0 aliphatic carbocycles. The number of alkyl halides is 9. The fraction of sp³-hybridized carbons (Fsp3) is 0.474. The topological polar surface area (TPSA) is 69.2 Å². The molecule has 6 nitrogen and oxygen atoms in total. The lowest BCUT2D eigenvalue weighted by Gasteiger charge is -2.11. The molecule has 0 amide bonds. The molecule has 35 heavy (non-hydrogen) atoms. The molecule has 2 aromatic rings. The van der Waals surface area contributed by atoms with Gasteiger partial charge in [-0.05, 0) is 25.0 Å². The second-order valence-electron chi connectivity index (χ2n) is 5.99. The Balaban J connectivity index is 0.000000652. The van der Waals surface area contributed by atoms with E-state index in [9.17, 15) is 39.5 Å². The van der Waals surface area contributed by atoms with Crippen LogP contribution in [0, 0.1) is 0 Å². The van der Waals surface area contributed by atoms with Crippen LogP contribution < -0.4 is 14.8 Å². The highest BCUT2D eigenvalue weighted by Gasteiger charge is 2.32. The van der Waals surface area contributed by atoms with Crippen LogP contribution in [0.3, 0.4) is 0 Å². The third-order valence-corrected chi connectivity index (χ3v) is 3.30. The van der Waals surface area contributed by atoms with E-state index < -0.39 is 38.3 Å². The van der Waals surface area contributed by atoms with Crippen molar-refractivity contribution >= 4 is 23.2 Å². The number of aryl methyl sites for hydroxylation is 1. The number of nitrogens with one attached hydrogen (secondary N) is 1. The Labute approximate surface area is 199 Å². The molecule has 0 atom stereocenters. The van der Waals surface area contributed by atoms with Crippen LogP contribution in [0.15, 0.2) is 24.4 Å². The summed E-state index contributed by atoms with van der Waals surface area (Å²) in [6.45, 7) is -0.916. The van der Waals surface area contributed by atoms with E-state index in [4.69, 9.17) is 17.0 Å². The number of anilines is 1. The van der Waals surface area contributed by atoms with Gasteiger partial charge in [-0.25, -0.2) is 13.2 Å². The molecule has 0 spiro atoms. The van der Waals surface area contributed by atoms with E-state index in [0.717, 1.165) is 17.7 Å². The minimum absolute atomic E-state index is 0.0916. The van der Waals surface area contributed by atoms with Gasteiger partial charge < -0.3 is 14.8 Å². The molecule has 0 saturated carbocycles. The van der Waals surface area contributed by atoms with Crippen molar-refractivity contribution in [2.45, 2.75) is 32.6 Å². The molecule has 0 unspecified atom stereocenters. The van der Waals surface area contributed by atoms with Gasteiger partial charge in [0, 0.05) is 6.20 Å². The van der Waals surface area contributed by atoms with Crippen LogP contribution >= 0.6 is 12.2 Å². The van der Waals surface area contributed by atoms with Crippen LogP contribution in [0.4, 0.5) is 45.5 Å². The van der Waals surface area contributed by atoms with E-state index in [0.29, 0.717) is 11.4 Å². The number of hydrogen-bond acceptors (Lipinski definition) is 6. The van der Waals surface area contributed by atoms with Gasteiger partial charge in [-0.1, -0.05) is 25.2 Å². The largest absolute Gasteiger partial charge is 0.475 e. The number of rotatable bonds is 7. The Morgan fingerprint density at radius 1 is 1.00 bits per heavy atom. The number of pyridine rings is 1. The average Bonchev–Trinajstić information content (AvgIpc) is 2.76. The quantitative estimate of drug-likeness (QED) is 0.338. The van der Waals surface area contributed by atoms with Crippen LogP contribution in [-0.4, -0.2) is 52.9 Å². The number of thiocarbonyl (C=S) groups is 1. The highest BCUT2D eigenvalue weighted by atomic mass is 32.1. The summed E-state index contributed by atoms with van der Waals surface area (Å²) in [5.74, 6) is -0.565. The molecule has 2 rings (SSSR count). The van der Waals surface area contributed by atoms with Gasteiger partial charge in [0.15, 0.2) is 6.61 Å². The SMILES string of the molecule is CC(=S)Nc1nc(OCCF)cc(OCC(F)(F)F)n1.CCc1ccc(C(F)(F)F)nc1.FCF. The summed E-state index contributed by atoms with van der Waals surface area (Å²) >= 11 is 4.76. The first-order chi connectivity index (χ1) is 16.2. The highest BCUT2D eigenvalue weighted by molar-refractivity contribution is 7.80. The van der Waals surface area contributed by atoms with Gasteiger partial charge in [0.2, 0.25) is 24.6 Å². The van der Waals surface area contributed by atoms with Crippen LogP contribution in [0.25, 0.3) is 0 Å². The lowest BCUT2D eigenvalue weighted by molar-refractivity contribution is -0.154. The molecule has 198 valence electrons. The van der Waals surface area contributed by atoms with Crippen molar-refractivity contribution in [3.05, 3.63) is 35.7 Å². The van der Waals surface area contributed by atoms with Crippen LogP contribution in [0.2, 0.25) is 0 Å². The van der Waals surface area contributed by atoms with E-state index in [1.807, 2.05) is 6.92 Å². The number of halogens is 9. The maximum Gasteiger partial charge on any atom is 0.433 e. The predicted octanol–water partition coefficient (Wildman–Crippen LogP) is 6.07. The van der Waals surface area contributed by atoms with E-state index in [2.05, 4.69) is 25.0 Å². The summed E-state index contributed by atoms with van der Waals surface area (Å²) < 4.78 is 113. The first-order valence-corrected chi connectivity index (χ1v) is 9.85. The van der Waals surface area contributed by atoms with Crippen molar-refractivity contribution in [1.82, 2.24) is 15.0 Å². The van der Waals surface area contributed by atoms with E-state index in [1.165, 1.54) is 19.2 Å². The van der Waals surface area contributed by atoms with Crippen LogP contribution in [0.1, 0.15) is 25.1 Å². The second kappa shape index (κ2) is 15.9.